The summed E-state index contributed by atoms with van der Waals surface area (Å²) in [6, 6.07) is 5.73. The zero-order valence-corrected chi connectivity index (χ0v) is 10.8. The van der Waals surface area contributed by atoms with Gasteiger partial charge in [0.15, 0.2) is 0 Å². The Morgan fingerprint density at radius 3 is 2.50 bits per heavy atom. The lowest BCUT2D eigenvalue weighted by atomic mass is 10.0. The lowest BCUT2D eigenvalue weighted by Crippen LogP contribution is -2.19. The summed E-state index contributed by atoms with van der Waals surface area (Å²) in [5, 5.41) is 2.61. The molecule has 0 spiro atoms. The molecule has 0 saturated heterocycles. The van der Waals surface area contributed by atoms with Gasteiger partial charge >= 0.3 is 0 Å². The molecule has 0 aliphatic heterocycles. The maximum atomic E-state index is 11.3. The summed E-state index contributed by atoms with van der Waals surface area (Å²) in [5.41, 5.74) is 2.96. The average Bonchev–Trinajstić information content (AvgIpc) is 2.32. The lowest BCUT2D eigenvalue weighted by molar-refractivity contribution is 0.0962. The molecule has 0 fully saturated rings. The normalized spacial score (nSPS) is 8.75. The van der Waals surface area contributed by atoms with Crippen molar-refractivity contribution in [2.45, 2.75) is 13.8 Å². The van der Waals surface area contributed by atoms with Crippen molar-refractivity contribution in [3.05, 3.63) is 47.5 Å². The number of alkyl halides is 1. The molecule has 1 N–H and O–H groups in total. The van der Waals surface area contributed by atoms with Gasteiger partial charge in [-0.05, 0) is 31.0 Å². The molecule has 0 aliphatic carbocycles. The van der Waals surface area contributed by atoms with Crippen LogP contribution >= 0.6 is 11.6 Å². The van der Waals surface area contributed by atoms with Crippen LogP contribution in [0.1, 0.15) is 21.5 Å². The molecule has 1 rings (SSSR count). The van der Waals surface area contributed by atoms with Crippen molar-refractivity contribution in [2.24, 2.45) is 0 Å². The Balaban J connectivity index is 0.000000487. The second-order valence-electron chi connectivity index (χ2n) is 3.27. The summed E-state index contributed by atoms with van der Waals surface area (Å²) in [6.07, 6.45) is 1.64. The number of carbonyl (C=O) groups is 1. The molecule has 0 heterocycles. The lowest BCUT2D eigenvalue weighted by Gasteiger charge is -2.05. The highest BCUT2D eigenvalue weighted by Crippen LogP contribution is 2.11. The Morgan fingerprint density at radius 1 is 1.50 bits per heavy atom. The fraction of sp³-hybridized carbons (Fsp3) is 0.308. The minimum Gasteiger partial charge on any atom is -0.355 e. The van der Waals surface area contributed by atoms with Crippen molar-refractivity contribution in [1.29, 1.82) is 0 Å². The van der Waals surface area contributed by atoms with E-state index >= 15 is 0 Å². The zero-order valence-electron chi connectivity index (χ0n) is 10.0. The molecule has 88 valence electrons. The summed E-state index contributed by atoms with van der Waals surface area (Å²) in [4.78, 5) is 11.3. The molecule has 1 amide bonds. The number of aryl methyl sites for hydroxylation is 1. The number of carbonyl (C=O) groups excluding carboxylic acids is 1. The van der Waals surface area contributed by atoms with E-state index in [0.717, 1.165) is 16.7 Å². The van der Waals surface area contributed by atoms with Crippen LogP contribution in [0.3, 0.4) is 0 Å². The maximum absolute atomic E-state index is 11.3. The number of benzene rings is 1. The molecule has 0 radical (unpaired) electrons. The van der Waals surface area contributed by atoms with E-state index in [9.17, 15) is 4.79 Å². The summed E-state index contributed by atoms with van der Waals surface area (Å²) in [5.74, 6) is 0.538. The summed E-state index contributed by atoms with van der Waals surface area (Å²) >= 11 is 5.07. The molecule has 0 saturated carbocycles. The molecule has 0 bridgehead atoms. The number of hydrogen-bond acceptors (Lipinski definition) is 1. The Kier molecular flexibility index (Phi) is 7.31. The summed E-state index contributed by atoms with van der Waals surface area (Å²) < 4.78 is 0. The van der Waals surface area contributed by atoms with E-state index in [2.05, 4.69) is 11.9 Å². The van der Waals surface area contributed by atoms with Gasteiger partial charge in [-0.1, -0.05) is 18.2 Å². The molecule has 0 unspecified atom stereocenters. The van der Waals surface area contributed by atoms with Crippen molar-refractivity contribution in [1.82, 2.24) is 5.32 Å². The van der Waals surface area contributed by atoms with E-state index in [-0.39, 0.29) is 5.91 Å². The molecule has 0 aliphatic rings. The maximum Gasteiger partial charge on any atom is 0.251 e. The smallest absolute Gasteiger partial charge is 0.251 e. The first-order valence-electron chi connectivity index (χ1n) is 5.03. The molecule has 3 heteroatoms. The largest absolute Gasteiger partial charge is 0.355 e. The van der Waals surface area contributed by atoms with Crippen LogP contribution in [0, 0.1) is 13.8 Å². The number of amides is 1. The summed E-state index contributed by atoms with van der Waals surface area (Å²) in [6.45, 7) is 7.31. The average molecular weight is 240 g/mol. The van der Waals surface area contributed by atoms with E-state index in [1.165, 1.54) is 0 Å². The molecule has 16 heavy (non-hydrogen) atoms. The topological polar surface area (TPSA) is 29.1 Å². The van der Waals surface area contributed by atoms with Crippen LogP contribution in [0.5, 0.6) is 0 Å². The van der Waals surface area contributed by atoms with Gasteiger partial charge in [0, 0.05) is 18.5 Å². The van der Waals surface area contributed by atoms with E-state index in [0.29, 0.717) is 5.88 Å². The van der Waals surface area contributed by atoms with Crippen molar-refractivity contribution >= 4 is 17.5 Å². The first-order valence-corrected chi connectivity index (χ1v) is 5.57. The van der Waals surface area contributed by atoms with Crippen LogP contribution in [0.25, 0.3) is 0 Å². The Labute approximate surface area is 102 Å². The predicted octanol–water partition coefficient (Wildman–Crippen LogP) is 3.07. The first-order chi connectivity index (χ1) is 7.58. The molecule has 2 nitrogen and oxygen atoms in total. The Hall–Kier alpha value is -1.28. The molecular formula is C13H18ClNO. The Bertz CT molecular complexity index is 361. The van der Waals surface area contributed by atoms with E-state index in [1.807, 2.05) is 32.0 Å². The zero-order chi connectivity index (χ0) is 12.6. The molecule has 1 aromatic carbocycles. The van der Waals surface area contributed by atoms with Crippen molar-refractivity contribution in [3.8, 4) is 0 Å². The van der Waals surface area contributed by atoms with Crippen LogP contribution in [-0.2, 0) is 0 Å². The van der Waals surface area contributed by atoms with Gasteiger partial charge in [0.25, 0.3) is 5.91 Å². The van der Waals surface area contributed by atoms with Gasteiger partial charge in [-0.25, -0.2) is 0 Å². The van der Waals surface area contributed by atoms with Crippen LogP contribution in [0.4, 0.5) is 0 Å². The molecule has 1 aromatic rings. The third-order valence-corrected chi connectivity index (χ3v) is 2.40. The fourth-order valence-corrected chi connectivity index (χ4v) is 1.13. The van der Waals surface area contributed by atoms with Gasteiger partial charge in [-0.15, -0.1) is 18.2 Å². The predicted molar refractivity (Wildman–Crippen MR) is 70.2 cm³/mol. The van der Waals surface area contributed by atoms with Crippen molar-refractivity contribution in [2.75, 3.05) is 12.9 Å². The minimum atomic E-state index is -0.0174. The van der Waals surface area contributed by atoms with Crippen molar-refractivity contribution < 1.29 is 4.79 Å². The SMILES string of the molecule is C=CCCl.CNC(=O)c1cccc(C)c1C. The van der Waals surface area contributed by atoms with Crippen LogP contribution < -0.4 is 5.32 Å². The number of hydrogen-bond donors (Lipinski definition) is 1. The number of halogens is 1. The van der Waals surface area contributed by atoms with Gasteiger partial charge < -0.3 is 5.32 Å². The van der Waals surface area contributed by atoms with Crippen LogP contribution in [-0.4, -0.2) is 18.8 Å². The van der Waals surface area contributed by atoms with Gasteiger partial charge in [-0.2, -0.15) is 0 Å². The highest BCUT2D eigenvalue weighted by Gasteiger charge is 2.06. The van der Waals surface area contributed by atoms with Crippen LogP contribution in [0.15, 0.2) is 30.9 Å². The first kappa shape index (κ1) is 14.7. The monoisotopic (exact) mass is 239 g/mol. The van der Waals surface area contributed by atoms with Gasteiger partial charge in [0.1, 0.15) is 0 Å². The Morgan fingerprint density at radius 2 is 2.06 bits per heavy atom. The number of nitrogens with one attached hydrogen (secondary N) is 1. The number of rotatable bonds is 2. The van der Waals surface area contributed by atoms with Gasteiger partial charge in [0.2, 0.25) is 0 Å². The quantitative estimate of drug-likeness (QED) is 0.624. The van der Waals surface area contributed by atoms with E-state index in [4.69, 9.17) is 11.6 Å². The second kappa shape index (κ2) is 7.94. The molecular weight excluding hydrogens is 222 g/mol. The highest BCUT2D eigenvalue weighted by atomic mass is 35.5. The van der Waals surface area contributed by atoms with E-state index < -0.39 is 0 Å². The number of allylic oxidation sites excluding steroid dienone is 1. The minimum absolute atomic E-state index is 0.0174. The summed E-state index contributed by atoms with van der Waals surface area (Å²) in [7, 11) is 1.64. The standard InChI is InChI=1S/C10H13NO.C3H5Cl/c1-7-5-4-6-9(8(7)2)10(12)11-3;1-2-3-4/h4-6H,1-3H3,(H,11,12);2H,1,3H2. The van der Waals surface area contributed by atoms with Gasteiger partial charge in [-0.3, -0.25) is 4.79 Å². The third-order valence-electron chi connectivity index (χ3n) is 2.19. The van der Waals surface area contributed by atoms with E-state index in [1.54, 1.807) is 13.1 Å². The molecule has 0 aromatic heterocycles. The molecule has 0 atom stereocenters. The highest BCUT2D eigenvalue weighted by molar-refractivity contribution is 6.18. The fourth-order valence-electron chi connectivity index (χ4n) is 1.13. The van der Waals surface area contributed by atoms with Crippen molar-refractivity contribution in [3.63, 3.8) is 0 Å². The van der Waals surface area contributed by atoms with Crippen LogP contribution in [0.2, 0.25) is 0 Å². The van der Waals surface area contributed by atoms with Gasteiger partial charge in [0.05, 0.1) is 0 Å². The third kappa shape index (κ3) is 4.49. The second-order valence-corrected chi connectivity index (χ2v) is 3.58.